The third-order valence-corrected chi connectivity index (χ3v) is 7.24. The zero-order chi connectivity index (χ0) is 21.4. The lowest BCUT2D eigenvalue weighted by Crippen LogP contribution is -2.48. The van der Waals surface area contributed by atoms with Crippen LogP contribution in [0.15, 0.2) is 34.9 Å². The second-order valence-corrected chi connectivity index (χ2v) is 9.02. The Morgan fingerprint density at radius 2 is 2.06 bits per heavy atom. The first-order chi connectivity index (χ1) is 15.1. The number of likely N-dealkylation sites (N-methyl/N-ethyl adjacent to an activating group) is 1. The van der Waals surface area contributed by atoms with Gasteiger partial charge in [-0.1, -0.05) is 13.0 Å². The number of nitrogens with zero attached hydrogens (tertiary/aromatic N) is 2. The molecular weight excluding hydrogens is 392 g/mol. The van der Waals surface area contributed by atoms with Crippen LogP contribution in [-0.2, 0) is 16.8 Å². The molecule has 1 amide bonds. The Morgan fingerprint density at radius 1 is 1.23 bits per heavy atom. The van der Waals surface area contributed by atoms with Gasteiger partial charge in [0, 0.05) is 26.2 Å². The first-order valence-electron chi connectivity index (χ1n) is 11.6. The number of likely N-dealkylation sites (tertiary alicyclic amines) is 2. The Hall–Kier alpha value is -2.31. The van der Waals surface area contributed by atoms with Crippen LogP contribution in [0.3, 0.4) is 0 Å². The van der Waals surface area contributed by atoms with Crippen molar-refractivity contribution in [3.8, 4) is 5.75 Å². The lowest BCUT2D eigenvalue weighted by molar-refractivity contribution is -0.0935. The van der Waals surface area contributed by atoms with E-state index in [0.29, 0.717) is 24.4 Å². The molecule has 2 fully saturated rings. The first kappa shape index (κ1) is 20.6. The normalized spacial score (nSPS) is 23.2. The Kier molecular flexibility index (Phi) is 5.52. The number of amides is 1. The molecule has 0 aliphatic carbocycles. The Balaban J connectivity index is 1.28. The van der Waals surface area contributed by atoms with Crippen LogP contribution in [0.1, 0.15) is 53.4 Å². The molecule has 0 radical (unpaired) electrons. The molecule has 31 heavy (non-hydrogen) atoms. The van der Waals surface area contributed by atoms with Crippen molar-refractivity contribution in [3.05, 3.63) is 53.0 Å². The zero-order valence-electron chi connectivity index (χ0n) is 18.6. The van der Waals surface area contributed by atoms with Crippen molar-refractivity contribution in [2.75, 3.05) is 39.3 Å². The van der Waals surface area contributed by atoms with E-state index in [2.05, 4.69) is 30.0 Å². The standard InChI is InChI=1S/C25H32N2O4/c1-3-26-11-6-21(17-26)31-20-4-5-23-19(16-20)7-15-30-25(23)9-12-27(13-10-25)24(28)22-8-14-29-18(22)2/h4-5,8,14,16,21H,3,6-7,9-13,15,17H2,1-2H3. The molecule has 1 unspecified atom stereocenters. The number of furan rings is 1. The van der Waals surface area contributed by atoms with E-state index in [9.17, 15) is 4.79 Å². The number of fused-ring (bicyclic) bond motifs is 2. The van der Waals surface area contributed by atoms with Crippen molar-refractivity contribution in [1.82, 2.24) is 9.80 Å². The highest BCUT2D eigenvalue weighted by molar-refractivity contribution is 5.95. The largest absolute Gasteiger partial charge is 0.489 e. The van der Waals surface area contributed by atoms with Crippen molar-refractivity contribution in [2.24, 2.45) is 0 Å². The van der Waals surface area contributed by atoms with Gasteiger partial charge in [-0.2, -0.15) is 0 Å². The average Bonchev–Trinajstić information content (AvgIpc) is 3.42. The molecule has 1 aromatic heterocycles. The highest BCUT2D eigenvalue weighted by atomic mass is 16.5. The number of benzene rings is 1. The molecule has 1 spiro atoms. The predicted octanol–water partition coefficient (Wildman–Crippen LogP) is 3.77. The summed E-state index contributed by atoms with van der Waals surface area (Å²) in [4.78, 5) is 17.2. The summed E-state index contributed by atoms with van der Waals surface area (Å²) in [7, 11) is 0. The van der Waals surface area contributed by atoms with Gasteiger partial charge in [-0.15, -0.1) is 0 Å². The zero-order valence-corrected chi connectivity index (χ0v) is 18.6. The molecule has 0 bridgehead atoms. The Labute approximate surface area is 184 Å². The minimum atomic E-state index is -0.291. The van der Waals surface area contributed by atoms with Crippen LogP contribution in [0.25, 0.3) is 0 Å². The van der Waals surface area contributed by atoms with E-state index in [1.54, 1.807) is 12.3 Å². The van der Waals surface area contributed by atoms with Crippen molar-refractivity contribution in [3.63, 3.8) is 0 Å². The monoisotopic (exact) mass is 424 g/mol. The number of hydrogen-bond acceptors (Lipinski definition) is 5. The Bertz CT molecular complexity index is 945. The van der Waals surface area contributed by atoms with Crippen LogP contribution >= 0.6 is 0 Å². The predicted molar refractivity (Wildman–Crippen MR) is 118 cm³/mol. The molecule has 166 valence electrons. The van der Waals surface area contributed by atoms with Crippen LogP contribution in [0.5, 0.6) is 5.75 Å². The molecule has 4 heterocycles. The Morgan fingerprint density at radius 3 is 2.77 bits per heavy atom. The fourth-order valence-corrected chi connectivity index (χ4v) is 5.36. The van der Waals surface area contributed by atoms with Crippen molar-refractivity contribution >= 4 is 5.91 Å². The third kappa shape index (κ3) is 3.87. The summed E-state index contributed by atoms with van der Waals surface area (Å²) in [5.41, 5.74) is 2.98. The van der Waals surface area contributed by atoms with Crippen molar-refractivity contribution in [2.45, 2.75) is 51.2 Å². The van der Waals surface area contributed by atoms with E-state index in [1.165, 1.54) is 11.1 Å². The van der Waals surface area contributed by atoms with Gasteiger partial charge in [0.2, 0.25) is 0 Å². The summed E-state index contributed by atoms with van der Waals surface area (Å²) in [5, 5.41) is 0. The van der Waals surface area contributed by atoms with Crippen LogP contribution in [0, 0.1) is 6.92 Å². The van der Waals surface area contributed by atoms with E-state index >= 15 is 0 Å². The topological polar surface area (TPSA) is 55.2 Å². The number of carbonyl (C=O) groups excluding carboxylic acids is 1. The highest BCUT2D eigenvalue weighted by Crippen LogP contribution is 2.43. The quantitative estimate of drug-likeness (QED) is 0.748. The SMILES string of the molecule is CCN1CCC(Oc2ccc3c(c2)CCOC32CCN(C(=O)c3ccoc3C)CC2)C1. The third-order valence-electron chi connectivity index (χ3n) is 7.24. The average molecular weight is 425 g/mol. The number of ether oxygens (including phenoxy) is 2. The van der Waals surface area contributed by atoms with Gasteiger partial charge in [0.15, 0.2) is 0 Å². The van der Waals surface area contributed by atoms with Gasteiger partial charge in [-0.05, 0) is 68.5 Å². The summed E-state index contributed by atoms with van der Waals surface area (Å²) >= 11 is 0. The number of hydrogen-bond donors (Lipinski definition) is 0. The number of aryl methyl sites for hydroxylation is 1. The van der Waals surface area contributed by atoms with Gasteiger partial charge in [0.25, 0.3) is 5.91 Å². The van der Waals surface area contributed by atoms with Gasteiger partial charge in [0.05, 0.1) is 24.0 Å². The molecule has 3 aliphatic heterocycles. The fourth-order valence-electron chi connectivity index (χ4n) is 5.36. The van der Waals surface area contributed by atoms with Crippen LogP contribution in [0.2, 0.25) is 0 Å². The smallest absolute Gasteiger partial charge is 0.257 e. The maximum absolute atomic E-state index is 12.9. The lowest BCUT2D eigenvalue weighted by atomic mass is 9.79. The molecule has 5 rings (SSSR count). The maximum Gasteiger partial charge on any atom is 0.257 e. The number of piperidine rings is 1. The van der Waals surface area contributed by atoms with Gasteiger partial charge >= 0.3 is 0 Å². The second-order valence-electron chi connectivity index (χ2n) is 9.02. The van der Waals surface area contributed by atoms with Crippen molar-refractivity contribution in [1.29, 1.82) is 0 Å². The van der Waals surface area contributed by atoms with E-state index in [0.717, 1.165) is 57.7 Å². The second kappa shape index (κ2) is 8.32. The van der Waals surface area contributed by atoms with Crippen LogP contribution in [0.4, 0.5) is 0 Å². The molecule has 0 N–H and O–H groups in total. The minimum Gasteiger partial charge on any atom is -0.489 e. The lowest BCUT2D eigenvalue weighted by Gasteiger charge is -2.45. The van der Waals surface area contributed by atoms with Gasteiger partial charge in [0.1, 0.15) is 17.6 Å². The molecule has 2 aromatic rings. The summed E-state index contributed by atoms with van der Waals surface area (Å²) in [6.45, 7) is 9.37. The summed E-state index contributed by atoms with van der Waals surface area (Å²) < 4.78 is 18.0. The molecule has 1 atom stereocenters. The van der Waals surface area contributed by atoms with Gasteiger partial charge < -0.3 is 18.8 Å². The molecule has 6 heteroatoms. The van der Waals surface area contributed by atoms with E-state index in [1.807, 2.05) is 11.8 Å². The van der Waals surface area contributed by atoms with E-state index in [-0.39, 0.29) is 17.6 Å². The van der Waals surface area contributed by atoms with Gasteiger partial charge in [-0.3, -0.25) is 9.69 Å². The highest BCUT2D eigenvalue weighted by Gasteiger charge is 2.42. The first-order valence-corrected chi connectivity index (χ1v) is 11.6. The summed E-state index contributed by atoms with van der Waals surface area (Å²) in [6.07, 6.45) is 5.51. The molecule has 6 nitrogen and oxygen atoms in total. The molecule has 1 aromatic carbocycles. The molecular formula is C25H32N2O4. The maximum atomic E-state index is 12.9. The number of rotatable bonds is 4. The summed E-state index contributed by atoms with van der Waals surface area (Å²) in [5.74, 6) is 1.71. The van der Waals surface area contributed by atoms with E-state index in [4.69, 9.17) is 13.9 Å². The fraction of sp³-hybridized carbons (Fsp3) is 0.560. The molecule has 2 saturated heterocycles. The van der Waals surface area contributed by atoms with Gasteiger partial charge in [-0.25, -0.2) is 0 Å². The number of carbonyl (C=O) groups is 1. The summed E-state index contributed by atoms with van der Waals surface area (Å²) in [6, 6.07) is 8.30. The molecule has 3 aliphatic rings. The van der Waals surface area contributed by atoms with Crippen LogP contribution in [-0.4, -0.2) is 61.1 Å². The van der Waals surface area contributed by atoms with Crippen molar-refractivity contribution < 1.29 is 18.7 Å². The minimum absolute atomic E-state index is 0.0542. The van der Waals surface area contributed by atoms with Crippen LogP contribution < -0.4 is 4.74 Å². The van der Waals surface area contributed by atoms with E-state index < -0.39 is 0 Å². The molecule has 0 saturated carbocycles.